The molecule has 2 aliphatic rings. The molecule has 1 aromatic carbocycles. The molecule has 1 atom stereocenters. The fourth-order valence-corrected chi connectivity index (χ4v) is 4.94. The Hall–Kier alpha value is -2.40. The number of fused-ring (bicyclic) bond motifs is 2. The average molecular weight is 364 g/mol. The van der Waals surface area contributed by atoms with E-state index in [9.17, 15) is 4.79 Å². The number of nitrogens with two attached hydrogens (primary N) is 2. The lowest BCUT2D eigenvalue weighted by Gasteiger charge is -2.40. The molecule has 0 radical (unpaired) electrons. The van der Waals surface area contributed by atoms with Crippen LogP contribution in [0.15, 0.2) is 42.6 Å². The zero-order valence-electron chi connectivity index (χ0n) is 15.7. The molecule has 5 nitrogen and oxygen atoms in total. The van der Waals surface area contributed by atoms with E-state index in [1.807, 2.05) is 18.2 Å². The van der Waals surface area contributed by atoms with Gasteiger partial charge in [0.05, 0.1) is 5.92 Å². The fraction of sp³-hybridized carbons (Fsp3) is 0.455. The van der Waals surface area contributed by atoms with Crippen LogP contribution in [0.5, 0.6) is 0 Å². The second kappa shape index (κ2) is 7.31. The highest BCUT2D eigenvalue weighted by Gasteiger charge is 2.46. The van der Waals surface area contributed by atoms with Crippen molar-refractivity contribution in [3.63, 3.8) is 0 Å². The number of aromatic nitrogens is 1. The molecule has 1 fully saturated rings. The van der Waals surface area contributed by atoms with Crippen LogP contribution < -0.4 is 11.5 Å². The second-order valence-electron chi connectivity index (χ2n) is 8.05. The maximum atomic E-state index is 12.0. The molecule has 1 aliphatic carbocycles. The highest BCUT2D eigenvalue weighted by atomic mass is 16.1. The third-order valence-corrected chi connectivity index (χ3v) is 6.41. The zero-order chi connectivity index (χ0) is 18.9. The summed E-state index contributed by atoms with van der Waals surface area (Å²) in [6, 6.07) is 12.2. The molecular weight excluding hydrogens is 336 g/mol. The zero-order valence-corrected chi connectivity index (χ0v) is 15.7. The molecule has 2 heterocycles. The van der Waals surface area contributed by atoms with Crippen LogP contribution in [-0.2, 0) is 16.6 Å². The number of anilines is 1. The highest BCUT2D eigenvalue weighted by Crippen LogP contribution is 2.51. The molecule has 142 valence electrons. The number of hydrogen-bond donors (Lipinski definition) is 2. The summed E-state index contributed by atoms with van der Waals surface area (Å²) in [5.41, 5.74) is 16.0. The van der Waals surface area contributed by atoms with Gasteiger partial charge >= 0.3 is 0 Å². The minimum absolute atomic E-state index is 0.123. The van der Waals surface area contributed by atoms with Crippen molar-refractivity contribution in [2.45, 2.75) is 43.4 Å². The van der Waals surface area contributed by atoms with Gasteiger partial charge in [0.15, 0.2) is 0 Å². The third-order valence-electron chi connectivity index (χ3n) is 6.41. The number of aryl methyl sites for hydroxylation is 1. The number of nitrogen functional groups attached to an aromatic ring is 1. The van der Waals surface area contributed by atoms with E-state index < -0.39 is 0 Å². The van der Waals surface area contributed by atoms with Crippen LogP contribution in [0.25, 0.3) is 0 Å². The quantitative estimate of drug-likeness (QED) is 0.854. The molecule has 27 heavy (non-hydrogen) atoms. The van der Waals surface area contributed by atoms with Gasteiger partial charge < -0.3 is 16.4 Å². The van der Waals surface area contributed by atoms with Crippen molar-refractivity contribution >= 4 is 11.6 Å². The lowest BCUT2D eigenvalue weighted by Crippen LogP contribution is -2.42. The van der Waals surface area contributed by atoms with Crippen LogP contribution in [0.2, 0.25) is 0 Å². The average Bonchev–Trinajstić information content (AvgIpc) is 2.99. The molecule has 1 aromatic heterocycles. The Bertz CT molecular complexity index is 827. The van der Waals surface area contributed by atoms with Crippen LogP contribution in [0, 0.1) is 0 Å². The molecule has 1 spiro atoms. The van der Waals surface area contributed by atoms with Crippen LogP contribution in [0.1, 0.15) is 48.4 Å². The van der Waals surface area contributed by atoms with Crippen molar-refractivity contribution in [2.24, 2.45) is 5.73 Å². The summed E-state index contributed by atoms with van der Waals surface area (Å²) >= 11 is 0. The minimum atomic E-state index is -0.184. The van der Waals surface area contributed by atoms with Gasteiger partial charge in [-0.25, -0.2) is 0 Å². The molecule has 4 N–H and O–H groups in total. The van der Waals surface area contributed by atoms with Gasteiger partial charge in [0.1, 0.15) is 0 Å². The van der Waals surface area contributed by atoms with Gasteiger partial charge in [-0.3, -0.25) is 9.78 Å². The van der Waals surface area contributed by atoms with E-state index in [1.54, 1.807) is 6.20 Å². The number of carbonyl (C=O) groups excluding carboxylic acids is 1. The lowest BCUT2D eigenvalue weighted by atomic mass is 9.73. The monoisotopic (exact) mass is 364 g/mol. The Kier molecular flexibility index (Phi) is 4.87. The Morgan fingerprint density at radius 3 is 2.74 bits per heavy atom. The van der Waals surface area contributed by atoms with Crippen molar-refractivity contribution in [2.75, 3.05) is 25.4 Å². The topological polar surface area (TPSA) is 85.2 Å². The number of carbonyl (C=O) groups is 1. The van der Waals surface area contributed by atoms with Gasteiger partial charge in [-0.2, -0.15) is 0 Å². The molecule has 0 bridgehead atoms. The Balaban J connectivity index is 1.36. The number of hydrogen-bond acceptors (Lipinski definition) is 4. The third kappa shape index (κ3) is 3.56. The van der Waals surface area contributed by atoms with Crippen LogP contribution >= 0.6 is 0 Å². The summed E-state index contributed by atoms with van der Waals surface area (Å²) in [4.78, 5) is 18.9. The normalized spacial score (nSPS) is 21.3. The number of amides is 1. The SMILES string of the molecule is NC(=O)C1CC2(CCN(CCCc3cc(N)ccn3)CC2)c2ccccc21. The van der Waals surface area contributed by atoms with Crippen LogP contribution in [0.3, 0.4) is 0 Å². The number of piperidine rings is 1. The largest absolute Gasteiger partial charge is 0.399 e. The van der Waals surface area contributed by atoms with E-state index in [-0.39, 0.29) is 17.2 Å². The molecule has 4 rings (SSSR count). The first kappa shape index (κ1) is 18.0. The van der Waals surface area contributed by atoms with Gasteiger partial charge in [-0.15, -0.1) is 0 Å². The Morgan fingerprint density at radius 1 is 1.22 bits per heavy atom. The summed E-state index contributed by atoms with van der Waals surface area (Å²) in [6.45, 7) is 3.22. The maximum Gasteiger partial charge on any atom is 0.225 e. The molecule has 1 unspecified atom stereocenters. The summed E-state index contributed by atoms with van der Waals surface area (Å²) in [5.74, 6) is -0.307. The standard InChI is InChI=1S/C22H28N4O/c23-16-7-10-25-17(14-16)4-3-11-26-12-8-22(9-13-26)15-19(21(24)27)18-5-1-2-6-20(18)22/h1-2,5-7,10,14,19H,3-4,8-9,11-13,15H2,(H2,23,25)(H2,24,27). The van der Waals surface area contributed by atoms with Crippen LogP contribution in [-0.4, -0.2) is 35.4 Å². The summed E-state index contributed by atoms with van der Waals surface area (Å²) < 4.78 is 0. The molecule has 5 heteroatoms. The maximum absolute atomic E-state index is 12.0. The smallest absolute Gasteiger partial charge is 0.225 e. The molecule has 1 amide bonds. The Morgan fingerprint density at radius 2 is 2.00 bits per heavy atom. The van der Waals surface area contributed by atoms with E-state index in [0.29, 0.717) is 0 Å². The minimum Gasteiger partial charge on any atom is -0.399 e. The molecular formula is C22H28N4O. The second-order valence-corrected chi connectivity index (χ2v) is 8.05. The number of likely N-dealkylation sites (tertiary alicyclic amines) is 1. The predicted octanol–water partition coefficient (Wildman–Crippen LogP) is 2.60. The van der Waals surface area contributed by atoms with E-state index in [0.717, 1.165) is 68.7 Å². The van der Waals surface area contributed by atoms with Crippen molar-refractivity contribution in [1.82, 2.24) is 9.88 Å². The van der Waals surface area contributed by atoms with Gasteiger partial charge in [-0.1, -0.05) is 24.3 Å². The number of benzene rings is 1. The summed E-state index contributed by atoms with van der Waals surface area (Å²) in [7, 11) is 0. The van der Waals surface area contributed by atoms with Crippen molar-refractivity contribution < 1.29 is 4.79 Å². The van der Waals surface area contributed by atoms with E-state index in [2.05, 4.69) is 28.1 Å². The first-order valence-corrected chi connectivity index (χ1v) is 9.89. The number of pyridine rings is 1. The van der Waals surface area contributed by atoms with E-state index in [1.165, 1.54) is 5.56 Å². The number of nitrogens with zero attached hydrogens (tertiary/aromatic N) is 2. The highest BCUT2D eigenvalue weighted by molar-refractivity contribution is 5.84. The van der Waals surface area contributed by atoms with E-state index >= 15 is 0 Å². The lowest BCUT2D eigenvalue weighted by molar-refractivity contribution is -0.119. The van der Waals surface area contributed by atoms with Crippen molar-refractivity contribution in [1.29, 1.82) is 0 Å². The van der Waals surface area contributed by atoms with Crippen LogP contribution in [0.4, 0.5) is 5.69 Å². The molecule has 1 aliphatic heterocycles. The van der Waals surface area contributed by atoms with Gasteiger partial charge in [0.2, 0.25) is 5.91 Å². The van der Waals surface area contributed by atoms with Gasteiger partial charge in [0.25, 0.3) is 0 Å². The first-order valence-electron chi connectivity index (χ1n) is 9.89. The predicted molar refractivity (Wildman–Crippen MR) is 107 cm³/mol. The van der Waals surface area contributed by atoms with Crippen molar-refractivity contribution in [3.8, 4) is 0 Å². The van der Waals surface area contributed by atoms with E-state index in [4.69, 9.17) is 11.5 Å². The number of primary amides is 1. The van der Waals surface area contributed by atoms with Gasteiger partial charge in [0, 0.05) is 17.6 Å². The first-order chi connectivity index (χ1) is 13.1. The fourth-order valence-electron chi connectivity index (χ4n) is 4.94. The number of rotatable bonds is 5. The Labute approximate surface area is 160 Å². The molecule has 1 saturated heterocycles. The molecule has 0 saturated carbocycles. The summed E-state index contributed by atoms with van der Waals surface area (Å²) in [6.07, 6.45) is 6.91. The van der Waals surface area contributed by atoms with Crippen molar-refractivity contribution in [3.05, 3.63) is 59.4 Å². The summed E-state index contributed by atoms with van der Waals surface area (Å²) in [5, 5.41) is 0. The van der Waals surface area contributed by atoms with Gasteiger partial charge in [-0.05, 0) is 80.4 Å². The molecule has 2 aromatic rings.